The van der Waals surface area contributed by atoms with E-state index in [-0.39, 0.29) is 11.8 Å². The van der Waals surface area contributed by atoms with Gasteiger partial charge in [-0.3, -0.25) is 8.77 Å². The molecule has 0 aromatic carbocycles. The summed E-state index contributed by atoms with van der Waals surface area (Å²) in [4.78, 5) is 22.0. The summed E-state index contributed by atoms with van der Waals surface area (Å²) < 4.78 is 2.00. The van der Waals surface area contributed by atoms with Crippen molar-refractivity contribution in [2.75, 3.05) is 11.9 Å². The van der Waals surface area contributed by atoms with E-state index in [2.05, 4.69) is 36.1 Å². The number of hydrogen-bond donors (Lipinski definition) is 1. The Balaban J connectivity index is 1.87. The van der Waals surface area contributed by atoms with Crippen LogP contribution in [0.5, 0.6) is 0 Å². The smallest absolute Gasteiger partial charge is 0.220 e. The maximum atomic E-state index is 11.1. The van der Waals surface area contributed by atoms with E-state index in [4.69, 9.17) is 5.73 Å². The Labute approximate surface area is 132 Å². The average Bonchev–Trinajstić information content (AvgIpc) is 2.79. The molecule has 0 atom stereocenters. The molecule has 0 radical (unpaired) electrons. The predicted octanol–water partition coefficient (Wildman–Crippen LogP) is 1.98. The van der Waals surface area contributed by atoms with E-state index >= 15 is 0 Å². The van der Waals surface area contributed by atoms with E-state index in [1.807, 2.05) is 23.3 Å². The zero-order valence-corrected chi connectivity index (χ0v) is 13.8. The fourth-order valence-corrected chi connectivity index (χ4v) is 3.83. The summed E-state index contributed by atoms with van der Waals surface area (Å²) in [7, 11) is 3.59. The number of halogens is 1. The first-order valence-electron chi connectivity index (χ1n) is 6.25. The second-order valence-corrected chi connectivity index (χ2v) is 6.69. The van der Waals surface area contributed by atoms with Gasteiger partial charge in [0.25, 0.3) is 0 Å². The van der Waals surface area contributed by atoms with Crippen LogP contribution in [0, 0.1) is 5.92 Å². The molecule has 6 nitrogen and oxygen atoms in total. The number of amides is 1. The first-order chi connectivity index (χ1) is 9.61. The number of carbonyl (C=O) groups is 1. The molecule has 2 aromatic heterocycles. The van der Waals surface area contributed by atoms with E-state index in [0.29, 0.717) is 6.04 Å². The summed E-state index contributed by atoms with van der Waals surface area (Å²) in [6.45, 7) is 0. The first-order valence-corrected chi connectivity index (χ1v) is 9.56. The van der Waals surface area contributed by atoms with Crippen molar-refractivity contribution in [3.63, 3.8) is 0 Å². The van der Waals surface area contributed by atoms with Crippen LogP contribution in [0.2, 0.25) is 0 Å². The van der Waals surface area contributed by atoms with Crippen molar-refractivity contribution < 1.29 is 4.79 Å². The Kier molecular flexibility index (Phi) is 3.76. The Hall–Kier alpha value is -1.03. The molecule has 0 bridgehead atoms. The van der Waals surface area contributed by atoms with E-state index in [9.17, 15) is 4.79 Å². The Morgan fingerprint density at radius 2 is 2.30 bits per heavy atom. The van der Waals surface area contributed by atoms with Crippen LogP contribution in [0.1, 0.15) is 12.8 Å². The van der Waals surface area contributed by atoms with E-state index in [0.717, 1.165) is 29.7 Å². The lowest BCUT2D eigenvalue weighted by molar-refractivity contribution is -0.124. The number of anilines is 1. The second-order valence-electron chi connectivity index (χ2n) is 4.98. The first kappa shape index (κ1) is 13.9. The van der Waals surface area contributed by atoms with Gasteiger partial charge in [0.05, 0.1) is 5.39 Å². The van der Waals surface area contributed by atoms with Crippen LogP contribution in [0.3, 0.4) is 0 Å². The second kappa shape index (κ2) is 5.40. The van der Waals surface area contributed by atoms with Gasteiger partial charge < -0.3 is 10.6 Å². The summed E-state index contributed by atoms with van der Waals surface area (Å²) >= 11 is 2.22. The minimum Gasteiger partial charge on any atom is -0.369 e. The topological polar surface area (TPSA) is 77.0 Å². The molecule has 0 saturated heterocycles. The number of hydrogen-bond acceptors (Lipinski definition) is 5. The van der Waals surface area contributed by atoms with Gasteiger partial charge in [-0.25, -0.2) is 9.97 Å². The lowest BCUT2D eigenvalue weighted by atomic mass is 9.79. The highest BCUT2D eigenvalue weighted by molar-refractivity contribution is 14.2. The van der Waals surface area contributed by atoms with Gasteiger partial charge in [0.1, 0.15) is 12.1 Å². The molecule has 0 aliphatic heterocycles. The van der Waals surface area contributed by atoms with Crippen molar-refractivity contribution in [1.29, 1.82) is 0 Å². The van der Waals surface area contributed by atoms with Crippen LogP contribution in [0.15, 0.2) is 18.6 Å². The molecular formula is C12H14IN5OS. The van der Waals surface area contributed by atoms with Crippen molar-refractivity contribution in [2.24, 2.45) is 11.7 Å². The van der Waals surface area contributed by atoms with Gasteiger partial charge in [0.2, 0.25) is 5.91 Å². The SMILES string of the molecule is CN(c1ncnc2c1ccn2SI)C1CC(C(N)=O)C1. The predicted molar refractivity (Wildman–Crippen MR) is 88.6 cm³/mol. The van der Waals surface area contributed by atoms with Crippen molar-refractivity contribution in [1.82, 2.24) is 13.9 Å². The lowest BCUT2D eigenvalue weighted by Crippen LogP contribution is -2.47. The summed E-state index contributed by atoms with van der Waals surface area (Å²) in [5, 5.41) is 1.03. The Morgan fingerprint density at radius 3 is 2.95 bits per heavy atom. The van der Waals surface area contributed by atoms with Crippen molar-refractivity contribution in [2.45, 2.75) is 18.9 Å². The molecule has 20 heavy (non-hydrogen) atoms. The number of nitrogens with two attached hydrogens (primary N) is 1. The molecular weight excluding hydrogens is 389 g/mol. The Bertz CT molecular complexity index is 654. The molecule has 1 saturated carbocycles. The van der Waals surface area contributed by atoms with Crippen LogP contribution in [-0.4, -0.2) is 32.9 Å². The molecule has 0 spiro atoms. The van der Waals surface area contributed by atoms with Gasteiger partial charge in [-0.1, -0.05) is 0 Å². The van der Waals surface area contributed by atoms with E-state index < -0.39 is 0 Å². The molecule has 2 heterocycles. The molecule has 1 fully saturated rings. The molecule has 8 heteroatoms. The maximum Gasteiger partial charge on any atom is 0.220 e. The number of rotatable bonds is 4. The summed E-state index contributed by atoms with van der Waals surface area (Å²) in [6, 6.07) is 2.35. The average molecular weight is 403 g/mol. The highest BCUT2D eigenvalue weighted by Gasteiger charge is 2.36. The van der Waals surface area contributed by atoms with E-state index in [1.165, 1.54) is 0 Å². The van der Waals surface area contributed by atoms with Gasteiger partial charge in [0, 0.05) is 55.5 Å². The molecule has 2 aromatic rings. The summed E-state index contributed by atoms with van der Waals surface area (Å²) in [6.07, 6.45) is 5.18. The molecule has 1 aliphatic carbocycles. The fraction of sp³-hybridized carbons (Fsp3) is 0.417. The molecule has 2 N–H and O–H groups in total. The monoisotopic (exact) mass is 403 g/mol. The third kappa shape index (κ3) is 2.24. The lowest BCUT2D eigenvalue weighted by Gasteiger charge is -2.40. The number of primary amides is 1. The summed E-state index contributed by atoms with van der Waals surface area (Å²) in [5.41, 5.74) is 6.23. The molecule has 106 valence electrons. The largest absolute Gasteiger partial charge is 0.369 e. The third-order valence-electron chi connectivity index (χ3n) is 3.90. The highest BCUT2D eigenvalue weighted by atomic mass is 127. The maximum absolute atomic E-state index is 11.1. The minimum absolute atomic E-state index is 0.00859. The summed E-state index contributed by atoms with van der Waals surface area (Å²) in [5.74, 6) is 0.719. The third-order valence-corrected chi connectivity index (χ3v) is 5.62. The van der Waals surface area contributed by atoms with Gasteiger partial charge >= 0.3 is 0 Å². The van der Waals surface area contributed by atoms with Crippen molar-refractivity contribution >= 4 is 53.1 Å². The normalized spacial score (nSPS) is 21.7. The number of aromatic nitrogens is 3. The standard InChI is InChI=1S/C12H14IN5OS/c1-17(8-4-7(5-8)10(14)19)11-9-2-3-18(20-13)12(9)16-6-15-11/h2-3,6-8H,4-5H2,1H3,(H2,14,19). The minimum atomic E-state index is -0.199. The quantitative estimate of drug-likeness (QED) is 0.791. The van der Waals surface area contributed by atoms with Gasteiger partial charge in [-0.2, -0.15) is 0 Å². The van der Waals surface area contributed by atoms with Crippen molar-refractivity contribution in [3.8, 4) is 0 Å². The molecule has 1 aliphatic rings. The molecule has 1 amide bonds. The zero-order chi connectivity index (χ0) is 14.3. The van der Waals surface area contributed by atoms with Crippen LogP contribution >= 0.6 is 30.3 Å². The van der Waals surface area contributed by atoms with Crippen LogP contribution in [0.25, 0.3) is 11.0 Å². The van der Waals surface area contributed by atoms with Crippen LogP contribution in [0.4, 0.5) is 5.82 Å². The van der Waals surface area contributed by atoms with Crippen molar-refractivity contribution in [3.05, 3.63) is 18.6 Å². The van der Waals surface area contributed by atoms with E-state index in [1.54, 1.807) is 15.4 Å². The van der Waals surface area contributed by atoms with Gasteiger partial charge in [0.15, 0.2) is 5.65 Å². The fourth-order valence-electron chi connectivity index (χ4n) is 2.56. The number of nitrogens with zero attached hydrogens (tertiary/aromatic N) is 4. The molecule has 0 unspecified atom stereocenters. The van der Waals surface area contributed by atoms with Crippen LogP contribution < -0.4 is 10.6 Å². The van der Waals surface area contributed by atoms with Crippen LogP contribution in [-0.2, 0) is 4.79 Å². The number of carbonyl (C=O) groups excluding carboxylic acids is 1. The van der Waals surface area contributed by atoms with Gasteiger partial charge in [-0.05, 0) is 18.9 Å². The molecule has 3 rings (SSSR count). The van der Waals surface area contributed by atoms with Gasteiger partial charge in [-0.15, -0.1) is 0 Å². The zero-order valence-electron chi connectivity index (χ0n) is 10.9. The number of fused-ring (bicyclic) bond motifs is 1. The Morgan fingerprint density at radius 1 is 1.55 bits per heavy atom. The highest BCUT2D eigenvalue weighted by Crippen LogP contribution is 2.35.